The predicted molar refractivity (Wildman–Crippen MR) is 126 cm³/mol. The van der Waals surface area contributed by atoms with Gasteiger partial charge >= 0.3 is 0 Å². The number of hydrogen-bond donors (Lipinski definition) is 0. The highest BCUT2D eigenvalue weighted by Gasteiger charge is 2.47. The van der Waals surface area contributed by atoms with Gasteiger partial charge < -0.3 is 14.7 Å². The summed E-state index contributed by atoms with van der Waals surface area (Å²) in [5.74, 6) is 0.135. The number of benzene rings is 2. The molecule has 3 aliphatic rings. The molecule has 33 heavy (non-hydrogen) atoms. The molecule has 1 saturated heterocycles. The maximum absolute atomic E-state index is 13.4. The minimum atomic E-state index is -0.400. The number of fused-ring (bicyclic) bond motifs is 5. The number of carbonyl (C=O) groups is 3. The Labute approximate surface area is 194 Å². The quantitative estimate of drug-likeness (QED) is 0.640. The molecular formula is C26H30N4O3. The van der Waals surface area contributed by atoms with Gasteiger partial charge in [0.2, 0.25) is 5.91 Å². The van der Waals surface area contributed by atoms with Crippen molar-refractivity contribution in [3.8, 4) is 0 Å². The van der Waals surface area contributed by atoms with Crippen molar-refractivity contribution in [1.82, 2.24) is 14.7 Å². The molecule has 0 N–H and O–H groups in total. The maximum Gasteiger partial charge on any atom is 0.260 e. The first-order chi connectivity index (χ1) is 16.1. The number of carbonyl (C=O) groups excluding carboxylic acids is 3. The molecule has 0 aliphatic carbocycles. The van der Waals surface area contributed by atoms with E-state index in [0.717, 1.165) is 51.0 Å². The highest BCUT2D eigenvalue weighted by atomic mass is 16.2. The van der Waals surface area contributed by atoms with Crippen LogP contribution in [0.2, 0.25) is 0 Å². The topological polar surface area (TPSA) is 64.2 Å². The average Bonchev–Trinajstić information content (AvgIpc) is 3.14. The Bertz CT molecular complexity index is 1080. The Kier molecular flexibility index (Phi) is 5.89. The van der Waals surface area contributed by atoms with E-state index in [9.17, 15) is 14.4 Å². The van der Waals surface area contributed by atoms with Crippen LogP contribution in [0.4, 0.5) is 5.69 Å². The van der Waals surface area contributed by atoms with Crippen LogP contribution in [0.25, 0.3) is 0 Å². The zero-order chi connectivity index (χ0) is 22.9. The Morgan fingerprint density at radius 3 is 2.33 bits per heavy atom. The van der Waals surface area contributed by atoms with Crippen LogP contribution in [-0.2, 0) is 4.79 Å². The number of likely N-dealkylation sites (N-methyl/N-ethyl adjacent to an activating group) is 1. The number of nitrogens with zero attached hydrogens (tertiary/aromatic N) is 4. The van der Waals surface area contributed by atoms with E-state index in [1.54, 1.807) is 11.0 Å². The van der Waals surface area contributed by atoms with Crippen molar-refractivity contribution < 1.29 is 14.4 Å². The number of unbranched alkanes of at least 4 members (excludes halogenated alkanes) is 2. The smallest absolute Gasteiger partial charge is 0.260 e. The molecule has 2 aromatic carbocycles. The van der Waals surface area contributed by atoms with Crippen LogP contribution in [0, 0.1) is 0 Å². The van der Waals surface area contributed by atoms with Crippen LogP contribution in [0.3, 0.4) is 0 Å². The molecular weight excluding hydrogens is 416 g/mol. The Morgan fingerprint density at radius 1 is 0.848 bits per heavy atom. The monoisotopic (exact) mass is 446 g/mol. The van der Waals surface area contributed by atoms with Crippen molar-refractivity contribution in [3.63, 3.8) is 0 Å². The molecule has 0 unspecified atom stereocenters. The molecule has 0 radical (unpaired) electrons. The van der Waals surface area contributed by atoms with Crippen molar-refractivity contribution in [1.29, 1.82) is 0 Å². The fourth-order valence-electron chi connectivity index (χ4n) is 5.15. The van der Waals surface area contributed by atoms with E-state index in [-0.39, 0.29) is 17.7 Å². The minimum absolute atomic E-state index is 0.0372. The Hall–Kier alpha value is -3.19. The van der Waals surface area contributed by atoms with E-state index in [0.29, 0.717) is 29.8 Å². The fraction of sp³-hybridized carbons (Fsp3) is 0.423. The summed E-state index contributed by atoms with van der Waals surface area (Å²) in [6.45, 7) is 4.04. The Balaban J connectivity index is 1.25. The van der Waals surface area contributed by atoms with Crippen molar-refractivity contribution >= 4 is 23.4 Å². The molecule has 0 bridgehead atoms. The van der Waals surface area contributed by atoms with Crippen LogP contribution in [0.1, 0.15) is 58.1 Å². The number of amides is 3. The van der Waals surface area contributed by atoms with Crippen molar-refractivity contribution in [2.24, 2.45) is 0 Å². The zero-order valence-corrected chi connectivity index (χ0v) is 19.1. The molecule has 0 aromatic heterocycles. The van der Waals surface area contributed by atoms with Gasteiger partial charge in [0.05, 0.1) is 11.3 Å². The molecule has 0 saturated carbocycles. The molecule has 1 fully saturated rings. The van der Waals surface area contributed by atoms with Gasteiger partial charge in [-0.15, -0.1) is 0 Å². The summed E-state index contributed by atoms with van der Waals surface area (Å²) in [5.41, 5.74) is 2.80. The molecule has 3 aliphatic heterocycles. The lowest BCUT2D eigenvalue weighted by atomic mass is 10.0. The third-order valence-electron chi connectivity index (χ3n) is 7.03. The molecule has 7 nitrogen and oxygen atoms in total. The fourth-order valence-corrected chi connectivity index (χ4v) is 5.15. The van der Waals surface area contributed by atoms with E-state index in [2.05, 4.69) is 11.9 Å². The van der Waals surface area contributed by atoms with Gasteiger partial charge in [0.25, 0.3) is 11.8 Å². The predicted octanol–water partition coefficient (Wildman–Crippen LogP) is 3.14. The largest absolute Gasteiger partial charge is 0.340 e. The maximum atomic E-state index is 13.4. The van der Waals surface area contributed by atoms with Crippen molar-refractivity contribution in [2.75, 3.05) is 44.7 Å². The summed E-state index contributed by atoms with van der Waals surface area (Å²) in [7, 11) is 2.08. The second-order valence-electron chi connectivity index (χ2n) is 9.15. The average molecular weight is 447 g/mol. The minimum Gasteiger partial charge on any atom is -0.340 e. The van der Waals surface area contributed by atoms with Crippen molar-refractivity contribution in [2.45, 2.75) is 31.8 Å². The lowest BCUT2D eigenvalue weighted by Crippen LogP contribution is -2.48. The van der Waals surface area contributed by atoms with E-state index >= 15 is 0 Å². The summed E-state index contributed by atoms with van der Waals surface area (Å²) in [4.78, 5) is 46.9. The SMILES string of the molecule is CN1CCN(C(=O)CCCCCN2C(=O)c3ccccc3N3C(=O)c4ccccc4[C@H]23)CC1. The van der Waals surface area contributed by atoms with E-state index in [1.165, 1.54) is 0 Å². The molecule has 7 heteroatoms. The molecule has 1 atom stereocenters. The highest BCUT2D eigenvalue weighted by molar-refractivity contribution is 6.16. The summed E-state index contributed by atoms with van der Waals surface area (Å²) in [5, 5.41) is 0. The second-order valence-corrected chi connectivity index (χ2v) is 9.15. The summed E-state index contributed by atoms with van der Waals surface area (Å²) in [6.07, 6.45) is 2.63. The second kappa shape index (κ2) is 8.98. The van der Waals surface area contributed by atoms with Gasteiger partial charge in [-0.05, 0) is 38.1 Å². The number of piperazine rings is 1. The van der Waals surface area contributed by atoms with E-state index < -0.39 is 6.17 Å². The van der Waals surface area contributed by atoms with E-state index in [4.69, 9.17) is 0 Å². The Morgan fingerprint density at radius 2 is 1.55 bits per heavy atom. The van der Waals surface area contributed by atoms with Crippen LogP contribution in [-0.4, -0.2) is 72.2 Å². The van der Waals surface area contributed by atoms with Gasteiger partial charge in [-0.25, -0.2) is 0 Å². The van der Waals surface area contributed by atoms with Crippen LogP contribution in [0.15, 0.2) is 48.5 Å². The van der Waals surface area contributed by atoms with Gasteiger partial charge in [-0.3, -0.25) is 19.3 Å². The molecule has 3 amide bonds. The molecule has 2 aromatic rings. The molecule has 5 rings (SSSR count). The zero-order valence-electron chi connectivity index (χ0n) is 19.1. The number of rotatable bonds is 6. The third kappa shape index (κ3) is 3.91. The standard InChI is InChI=1S/C26H30N4O3/c1-27-15-17-28(18-16-27)23(31)13-3-2-8-14-29-24-19-9-4-5-10-20(19)26(33)30(24)22-12-7-6-11-21(22)25(29)32/h4-7,9-12,24H,2-3,8,13-18H2,1H3/t24-/m1/s1. The highest BCUT2D eigenvalue weighted by Crippen LogP contribution is 2.45. The van der Waals surface area contributed by atoms with Gasteiger partial charge in [0.15, 0.2) is 0 Å². The first-order valence-corrected chi connectivity index (χ1v) is 11.8. The van der Waals surface area contributed by atoms with Gasteiger partial charge in [-0.1, -0.05) is 36.8 Å². The van der Waals surface area contributed by atoms with Crippen LogP contribution in [0.5, 0.6) is 0 Å². The van der Waals surface area contributed by atoms with Crippen molar-refractivity contribution in [3.05, 3.63) is 65.2 Å². The van der Waals surface area contributed by atoms with Gasteiger partial charge in [0, 0.05) is 50.3 Å². The normalized spacial score (nSPS) is 20.0. The van der Waals surface area contributed by atoms with E-state index in [1.807, 2.05) is 52.3 Å². The molecule has 0 spiro atoms. The third-order valence-corrected chi connectivity index (χ3v) is 7.03. The lowest BCUT2D eigenvalue weighted by Gasteiger charge is -2.41. The van der Waals surface area contributed by atoms with Gasteiger partial charge in [-0.2, -0.15) is 0 Å². The lowest BCUT2D eigenvalue weighted by molar-refractivity contribution is -0.132. The van der Waals surface area contributed by atoms with Crippen LogP contribution >= 0.6 is 0 Å². The molecule has 3 heterocycles. The molecule has 172 valence electrons. The van der Waals surface area contributed by atoms with Gasteiger partial charge in [0.1, 0.15) is 6.17 Å². The number of anilines is 1. The number of hydrogen-bond acceptors (Lipinski definition) is 4. The first kappa shape index (κ1) is 21.6. The van der Waals surface area contributed by atoms with Crippen LogP contribution < -0.4 is 4.90 Å². The summed E-state index contributed by atoms with van der Waals surface area (Å²) >= 11 is 0. The summed E-state index contributed by atoms with van der Waals surface area (Å²) in [6, 6.07) is 14.9. The number of para-hydroxylation sites is 1. The summed E-state index contributed by atoms with van der Waals surface area (Å²) < 4.78 is 0. The first-order valence-electron chi connectivity index (χ1n) is 11.8.